The summed E-state index contributed by atoms with van der Waals surface area (Å²) in [5.74, 6) is 0. The third kappa shape index (κ3) is 2.91. The van der Waals surface area contributed by atoms with Crippen LogP contribution in [0.3, 0.4) is 0 Å². The largest absolute Gasteiger partial charge is 0.309 e. The Bertz CT molecular complexity index is 252. The van der Waals surface area contributed by atoms with E-state index in [9.17, 15) is 0 Å². The van der Waals surface area contributed by atoms with Crippen LogP contribution in [-0.2, 0) is 0 Å². The SMILES string of the molecule is CCC1(CN2CCNC(CC)(CC)C2)CCCC1. The van der Waals surface area contributed by atoms with E-state index in [1.165, 1.54) is 71.1 Å². The molecule has 0 aromatic rings. The van der Waals surface area contributed by atoms with Crippen LogP contribution < -0.4 is 5.32 Å². The van der Waals surface area contributed by atoms with Gasteiger partial charge in [-0.2, -0.15) is 0 Å². The highest BCUT2D eigenvalue weighted by Gasteiger charge is 2.38. The molecule has 0 aromatic carbocycles. The van der Waals surface area contributed by atoms with Gasteiger partial charge in [-0.25, -0.2) is 0 Å². The van der Waals surface area contributed by atoms with Crippen molar-refractivity contribution in [3.63, 3.8) is 0 Å². The lowest BCUT2D eigenvalue weighted by Gasteiger charge is -2.46. The second-order valence-corrected chi connectivity index (χ2v) is 6.69. The van der Waals surface area contributed by atoms with Crippen LogP contribution in [0.1, 0.15) is 65.7 Å². The minimum atomic E-state index is 0.395. The maximum atomic E-state index is 3.78. The standard InChI is InChI=1S/C16H32N2/c1-4-15(9-7-8-10-15)13-18-12-11-17-16(5-2,6-3)14-18/h17H,4-14H2,1-3H3. The number of nitrogens with zero attached hydrogens (tertiary/aromatic N) is 1. The summed E-state index contributed by atoms with van der Waals surface area (Å²) < 4.78 is 0. The van der Waals surface area contributed by atoms with E-state index in [2.05, 4.69) is 31.0 Å². The van der Waals surface area contributed by atoms with Crippen LogP contribution in [0.2, 0.25) is 0 Å². The Hall–Kier alpha value is -0.0800. The van der Waals surface area contributed by atoms with E-state index >= 15 is 0 Å². The van der Waals surface area contributed by atoms with Gasteiger partial charge in [0.15, 0.2) is 0 Å². The summed E-state index contributed by atoms with van der Waals surface area (Å²) in [6.07, 6.45) is 9.77. The highest BCUT2D eigenvalue weighted by atomic mass is 15.2. The molecule has 0 aromatic heterocycles. The highest BCUT2D eigenvalue weighted by molar-refractivity contribution is 4.95. The van der Waals surface area contributed by atoms with E-state index in [0.717, 1.165) is 0 Å². The monoisotopic (exact) mass is 252 g/mol. The maximum Gasteiger partial charge on any atom is 0.0304 e. The summed E-state index contributed by atoms with van der Waals surface area (Å²) in [6, 6.07) is 0. The fraction of sp³-hybridized carbons (Fsp3) is 1.00. The molecule has 2 heteroatoms. The molecule has 0 spiro atoms. The zero-order chi connectivity index (χ0) is 13.1. The zero-order valence-electron chi connectivity index (χ0n) is 12.7. The molecule has 1 N–H and O–H groups in total. The van der Waals surface area contributed by atoms with Crippen molar-refractivity contribution in [2.45, 2.75) is 71.3 Å². The van der Waals surface area contributed by atoms with E-state index in [1.807, 2.05) is 0 Å². The predicted molar refractivity (Wildman–Crippen MR) is 78.9 cm³/mol. The number of hydrogen-bond donors (Lipinski definition) is 1. The van der Waals surface area contributed by atoms with Crippen molar-refractivity contribution in [1.82, 2.24) is 10.2 Å². The molecule has 1 aliphatic heterocycles. The third-order valence-corrected chi connectivity index (χ3v) is 5.78. The van der Waals surface area contributed by atoms with E-state index < -0.39 is 0 Å². The zero-order valence-corrected chi connectivity index (χ0v) is 12.7. The fourth-order valence-corrected chi connectivity index (χ4v) is 4.12. The molecule has 1 heterocycles. The number of rotatable bonds is 5. The Balaban J connectivity index is 1.96. The van der Waals surface area contributed by atoms with Crippen molar-refractivity contribution in [3.8, 4) is 0 Å². The average Bonchev–Trinajstić information content (AvgIpc) is 2.88. The Morgan fingerprint density at radius 2 is 1.67 bits per heavy atom. The minimum absolute atomic E-state index is 0.395. The van der Waals surface area contributed by atoms with Crippen LogP contribution in [0.4, 0.5) is 0 Å². The highest BCUT2D eigenvalue weighted by Crippen LogP contribution is 2.42. The van der Waals surface area contributed by atoms with Gasteiger partial charge in [0.05, 0.1) is 0 Å². The minimum Gasteiger partial charge on any atom is -0.309 e. The number of hydrogen-bond acceptors (Lipinski definition) is 2. The molecule has 0 amide bonds. The van der Waals surface area contributed by atoms with E-state index in [4.69, 9.17) is 0 Å². The Morgan fingerprint density at radius 1 is 1.00 bits per heavy atom. The van der Waals surface area contributed by atoms with Crippen LogP contribution in [0.25, 0.3) is 0 Å². The smallest absolute Gasteiger partial charge is 0.0304 e. The summed E-state index contributed by atoms with van der Waals surface area (Å²) in [5, 5.41) is 3.78. The molecule has 2 fully saturated rings. The van der Waals surface area contributed by atoms with Crippen molar-refractivity contribution >= 4 is 0 Å². The molecule has 0 bridgehead atoms. The Labute approximate surface area is 114 Å². The van der Waals surface area contributed by atoms with Crippen molar-refractivity contribution in [2.24, 2.45) is 5.41 Å². The molecule has 0 radical (unpaired) electrons. The van der Waals surface area contributed by atoms with Gasteiger partial charge in [-0.3, -0.25) is 4.90 Å². The molecule has 0 atom stereocenters. The second kappa shape index (κ2) is 5.92. The van der Waals surface area contributed by atoms with Crippen molar-refractivity contribution in [3.05, 3.63) is 0 Å². The van der Waals surface area contributed by atoms with Crippen LogP contribution >= 0.6 is 0 Å². The molecule has 1 saturated carbocycles. The third-order valence-electron chi connectivity index (χ3n) is 5.78. The first-order valence-electron chi connectivity index (χ1n) is 8.15. The van der Waals surface area contributed by atoms with Gasteiger partial charge in [-0.1, -0.05) is 33.6 Å². The summed E-state index contributed by atoms with van der Waals surface area (Å²) in [7, 11) is 0. The molecule has 0 unspecified atom stereocenters. The lowest BCUT2D eigenvalue weighted by Crippen LogP contribution is -2.61. The first-order chi connectivity index (χ1) is 8.67. The van der Waals surface area contributed by atoms with Gasteiger partial charge in [0.1, 0.15) is 0 Å². The van der Waals surface area contributed by atoms with Gasteiger partial charge < -0.3 is 5.32 Å². The van der Waals surface area contributed by atoms with E-state index in [1.54, 1.807) is 0 Å². The van der Waals surface area contributed by atoms with Gasteiger partial charge in [0.25, 0.3) is 0 Å². The fourth-order valence-electron chi connectivity index (χ4n) is 4.12. The molecule has 1 saturated heterocycles. The van der Waals surface area contributed by atoms with Gasteiger partial charge >= 0.3 is 0 Å². The predicted octanol–water partition coefficient (Wildman–Crippen LogP) is 3.42. The van der Waals surface area contributed by atoms with Gasteiger partial charge in [0.2, 0.25) is 0 Å². The normalized spacial score (nSPS) is 27.5. The van der Waals surface area contributed by atoms with E-state index in [0.29, 0.717) is 11.0 Å². The summed E-state index contributed by atoms with van der Waals surface area (Å²) in [4.78, 5) is 2.76. The summed E-state index contributed by atoms with van der Waals surface area (Å²) in [5.41, 5.74) is 1.05. The number of nitrogens with one attached hydrogen (secondary N) is 1. The van der Waals surface area contributed by atoms with E-state index in [-0.39, 0.29) is 0 Å². The van der Waals surface area contributed by atoms with Crippen LogP contribution in [0.5, 0.6) is 0 Å². The van der Waals surface area contributed by atoms with Crippen molar-refractivity contribution in [2.75, 3.05) is 26.2 Å². The molecule has 18 heavy (non-hydrogen) atoms. The number of piperazine rings is 1. The molecule has 2 aliphatic rings. The molecular formula is C16H32N2. The topological polar surface area (TPSA) is 15.3 Å². The lowest BCUT2D eigenvalue weighted by atomic mass is 9.81. The van der Waals surface area contributed by atoms with Crippen molar-refractivity contribution in [1.29, 1.82) is 0 Å². The second-order valence-electron chi connectivity index (χ2n) is 6.69. The summed E-state index contributed by atoms with van der Waals surface area (Å²) >= 11 is 0. The molecule has 2 nitrogen and oxygen atoms in total. The molecule has 2 rings (SSSR count). The quantitative estimate of drug-likeness (QED) is 0.806. The van der Waals surface area contributed by atoms with Crippen LogP contribution in [-0.4, -0.2) is 36.6 Å². The first-order valence-corrected chi connectivity index (χ1v) is 8.15. The molecular weight excluding hydrogens is 220 g/mol. The van der Waals surface area contributed by atoms with Gasteiger partial charge in [-0.05, 0) is 37.5 Å². The summed E-state index contributed by atoms with van der Waals surface area (Å²) in [6.45, 7) is 12.1. The Morgan fingerprint density at radius 3 is 2.22 bits per heavy atom. The molecule has 1 aliphatic carbocycles. The van der Waals surface area contributed by atoms with Gasteiger partial charge in [-0.15, -0.1) is 0 Å². The Kier molecular flexibility index (Phi) is 4.71. The van der Waals surface area contributed by atoms with Gasteiger partial charge in [0, 0.05) is 31.7 Å². The van der Waals surface area contributed by atoms with Crippen LogP contribution in [0, 0.1) is 5.41 Å². The lowest BCUT2D eigenvalue weighted by molar-refractivity contribution is 0.0748. The average molecular weight is 252 g/mol. The first kappa shape index (κ1) is 14.3. The maximum absolute atomic E-state index is 3.78. The molecule has 106 valence electrons. The van der Waals surface area contributed by atoms with Crippen LogP contribution in [0.15, 0.2) is 0 Å². The van der Waals surface area contributed by atoms with Crippen molar-refractivity contribution < 1.29 is 0 Å².